The summed E-state index contributed by atoms with van der Waals surface area (Å²) >= 11 is 0. The maximum atomic E-state index is 14.2. The number of rotatable bonds is 4. The van der Waals surface area contributed by atoms with Crippen molar-refractivity contribution in [3.8, 4) is 6.07 Å². The van der Waals surface area contributed by atoms with Crippen LogP contribution in [0.1, 0.15) is 24.2 Å². The number of amides is 1. The van der Waals surface area contributed by atoms with Crippen molar-refractivity contribution < 1.29 is 13.6 Å². The topological polar surface area (TPSA) is 69.3 Å². The molecule has 1 amide bonds. The first-order valence-corrected chi connectivity index (χ1v) is 7.45. The van der Waals surface area contributed by atoms with Gasteiger partial charge >= 0.3 is 0 Å². The molecule has 118 valence electrons. The quantitative estimate of drug-likeness (QED) is 0.942. The van der Waals surface area contributed by atoms with E-state index < -0.39 is 11.9 Å². The molecule has 0 aliphatic carbocycles. The Kier molecular flexibility index (Phi) is 4.29. The fraction of sp³-hybridized carbons (Fsp3) is 0.294. The van der Waals surface area contributed by atoms with Crippen molar-refractivity contribution in [2.75, 3.05) is 11.4 Å². The predicted octanol–water partition coefficient (Wildman–Crippen LogP) is 2.58. The minimum atomic E-state index is -0.477. The molecule has 1 aromatic carbocycles. The molecule has 1 atom stereocenters. The normalized spacial score (nSPS) is 17.0. The van der Waals surface area contributed by atoms with Crippen LogP contribution in [-0.2, 0) is 11.3 Å². The highest BCUT2D eigenvalue weighted by Crippen LogP contribution is 2.28. The van der Waals surface area contributed by atoms with Crippen LogP contribution in [0.15, 0.2) is 41.0 Å². The molecule has 1 fully saturated rings. The molecule has 1 aliphatic heterocycles. The zero-order valence-corrected chi connectivity index (χ0v) is 12.5. The molecule has 0 unspecified atom stereocenters. The van der Waals surface area contributed by atoms with Gasteiger partial charge in [-0.25, -0.2) is 4.39 Å². The summed E-state index contributed by atoms with van der Waals surface area (Å²) in [6.07, 6.45) is 3.04. The summed E-state index contributed by atoms with van der Waals surface area (Å²) in [6.45, 7) is 0.924. The van der Waals surface area contributed by atoms with E-state index >= 15 is 0 Å². The first-order valence-electron chi connectivity index (χ1n) is 7.45. The van der Waals surface area contributed by atoms with Gasteiger partial charge in [-0.3, -0.25) is 4.79 Å². The summed E-state index contributed by atoms with van der Waals surface area (Å²) in [6, 6.07) is 9.37. The third kappa shape index (κ3) is 3.19. The lowest BCUT2D eigenvalue weighted by atomic mass is 10.1. The summed E-state index contributed by atoms with van der Waals surface area (Å²) < 4.78 is 19.4. The number of hydrogen-bond donors (Lipinski definition) is 1. The Balaban J connectivity index is 1.72. The highest BCUT2D eigenvalue weighted by Gasteiger charge is 2.32. The van der Waals surface area contributed by atoms with Gasteiger partial charge in [0.25, 0.3) is 0 Å². The Morgan fingerprint density at radius 3 is 3.04 bits per heavy atom. The van der Waals surface area contributed by atoms with Crippen LogP contribution in [0.2, 0.25) is 0 Å². The summed E-state index contributed by atoms with van der Waals surface area (Å²) in [7, 11) is 0. The van der Waals surface area contributed by atoms with Crippen LogP contribution in [0.25, 0.3) is 0 Å². The van der Waals surface area contributed by atoms with E-state index in [1.165, 1.54) is 6.07 Å². The lowest BCUT2D eigenvalue weighted by molar-refractivity contribution is -0.122. The van der Waals surface area contributed by atoms with Crippen molar-refractivity contribution in [2.24, 2.45) is 0 Å². The molecule has 2 aromatic rings. The predicted molar refractivity (Wildman–Crippen MR) is 82.0 cm³/mol. The average Bonchev–Trinajstić information content (AvgIpc) is 3.24. The Morgan fingerprint density at radius 1 is 1.48 bits per heavy atom. The van der Waals surface area contributed by atoms with Gasteiger partial charge in [-0.05, 0) is 43.2 Å². The Morgan fingerprint density at radius 2 is 2.35 bits per heavy atom. The zero-order valence-electron chi connectivity index (χ0n) is 12.5. The van der Waals surface area contributed by atoms with Gasteiger partial charge in [0, 0.05) is 6.54 Å². The maximum absolute atomic E-state index is 14.2. The fourth-order valence-electron chi connectivity index (χ4n) is 2.84. The van der Waals surface area contributed by atoms with Gasteiger partial charge in [0.2, 0.25) is 5.91 Å². The molecule has 0 spiro atoms. The van der Waals surface area contributed by atoms with E-state index in [0.29, 0.717) is 31.0 Å². The van der Waals surface area contributed by atoms with Crippen LogP contribution in [0, 0.1) is 17.1 Å². The van der Waals surface area contributed by atoms with Crippen LogP contribution in [-0.4, -0.2) is 18.5 Å². The Bertz CT molecular complexity index is 737. The first-order chi connectivity index (χ1) is 11.2. The molecule has 0 saturated carbocycles. The third-order valence-electron chi connectivity index (χ3n) is 3.96. The van der Waals surface area contributed by atoms with Crippen molar-refractivity contribution in [3.63, 3.8) is 0 Å². The van der Waals surface area contributed by atoms with Gasteiger partial charge in [0.1, 0.15) is 17.6 Å². The van der Waals surface area contributed by atoms with E-state index in [1.54, 1.807) is 35.4 Å². The second kappa shape index (κ2) is 6.53. The van der Waals surface area contributed by atoms with Gasteiger partial charge in [0.05, 0.1) is 30.1 Å². The molecule has 1 aliphatic rings. The average molecular weight is 313 g/mol. The lowest BCUT2D eigenvalue weighted by Gasteiger charge is -2.26. The standard InChI is InChI=1S/C17H16FN3O2/c18-14-9-12(10-19)5-6-15(14)21-7-1-4-16(21)17(22)20-11-13-3-2-8-23-13/h2-3,5-6,8-9,16H,1,4,7,11H2,(H,20,22)/t16-/m1/s1. The highest BCUT2D eigenvalue weighted by atomic mass is 19.1. The zero-order chi connectivity index (χ0) is 16.2. The van der Waals surface area contributed by atoms with E-state index in [0.717, 1.165) is 6.42 Å². The van der Waals surface area contributed by atoms with Gasteiger partial charge in [-0.15, -0.1) is 0 Å². The molecule has 1 saturated heterocycles. The van der Waals surface area contributed by atoms with Gasteiger partial charge < -0.3 is 14.6 Å². The molecule has 2 heterocycles. The molecule has 3 rings (SSSR count). The van der Waals surface area contributed by atoms with Crippen molar-refractivity contribution in [3.05, 3.63) is 53.7 Å². The Hall–Kier alpha value is -2.81. The Labute approximate surface area is 133 Å². The number of nitrogens with zero attached hydrogens (tertiary/aromatic N) is 2. The number of nitriles is 1. The van der Waals surface area contributed by atoms with Crippen molar-refractivity contribution in [2.45, 2.75) is 25.4 Å². The van der Waals surface area contributed by atoms with Gasteiger partial charge in [0.15, 0.2) is 0 Å². The molecule has 5 nitrogen and oxygen atoms in total. The van der Waals surface area contributed by atoms with Gasteiger partial charge in [-0.1, -0.05) is 0 Å². The van der Waals surface area contributed by atoms with Crippen molar-refractivity contribution in [1.82, 2.24) is 5.32 Å². The summed E-state index contributed by atoms with van der Waals surface area (Å²) in [5, 5.41) is 11.6. The monoisotopic (exact) mass is 313 g/mol. The van der Waals surface area contributed by atoms with Crippen LogP contribution >= 0.6 is 0 Å². The molecule has 23 heavy (non-hydrogen) atoms. The molecule has 1 N–H and O–H groups in total. The largest absolute Gasteiger partial charge is 0.467 e. The summed E-state index contributed by atoms with van der Waals surface area (Å²) in [5.74, 6) is 0.0462. The SMILES string of the molecule is N#Cc1ccc(N2CCC[C@@H]2C(=O)NCc2ccco2)c(F)c1. The highest BCUT2D eigenvalue weighted by molar-refractivity contribution is 5.85. The van der Waals surface area contributed by atoms with Gasteiger partial charge in [-0.2, -0.15) is 5.26 Å². The number of carbonyl (C=O) groups is 1. The second-order valence-corrected chi connectivity index (χ2v) is 5.43. The molecule has 0 radical (unpaired) electrons. The number of benzene rings is 1. The number of carbonyl (C=O) groups excluding carboxylic acids is 1. The van der Waals surface area contributed by atoms with Crippen molar-refractivity contribution in [1.29, 1.82) is 5.26 Å². The number of anilines is 1. The summed E-state index contributed by atoms with van der Waals surface area (Å²) in [5.41, 5.74) is 0.629. The lowest BCUT2D eigenvalue weighted by Crippen LogP contribution is -2.43. The smallest absolute Gasteiger partial charge is 0.243 e. The molecule has 1 aromatic heterocycles. The van der Waals surface area contributed by atoms with Crippen LogP contribution in [0.3, 0.4) is 0 Å². The van der Waals surface area contributed by atoms with Crippen LogP contribution in [0.5, 0.6) is 0 Å². The fourth-order valence-corrected chi connectivity index (χ4v) is 2.84. The number of furan rings is 1. The summed E-state index contributed by atoms with van der Waals surface area (Å²) in [4.78, 5) is 14.1. The minimum Gasteiger partial charge on any atom is -0.467 e. The van der Waals surface area contributed by atoms with Crippen molar-refractivity contribution >= 4 is 11.6 Å². The van der Waals surface area contributed by atoms with E-state index in [-0.39, 0.29) is 11.5 Å². The third-order valence-corrected chi connectivity index (χ3v) is 3.96. The molecule has 6 heteroatoms. The number of halogens is 1. The molecular weight excluding hydrogens is 297 g/mol. The number of hydrogen-bond acceptors (Lipinski definition) is 4. The molecule has 0 bridgehead atoms. The minimum absolute atomic E-state index is 0.150. The van der Waals surface area contributed by atoms with E-state index in [9.17, 15) is 9.18 Å². The van der Waals surface area contributed by atoms with Crippen LogP contribution < -0.4 is 10.2 Å². The van der Waals surface area contributed by atoms with E-state index in [1.807, 2.05) is 6.07 Å². The van der Waals surface area contributed by atoms with E-state index in [2.05, 4.69) is 5.32 Å². The second-order valence-electron chi connectivity index (χ2n) is 5.43. The first kappa shape index (κ1) is 15.1. The van der Waals surface area contributed by atoms with Crippen LogP contribution in [0.4, 0.5) is 10.1 Å². The number of nitrogens with one attached hydrogen (secondary N) is 1. The molecular formula is C17H16FN3O2. The maximum Gasteiger partial charge on any atom is 0.243 e. The van der Waals surface area contributed by atoms with E-state index in [4.69, 9.17) is 9.68 Å².